The molecule has 0 heterocycles. The Balaban J connectivity index is 1.33. The summed E-state index contributed by atoms with van der Waals surface area (Å²) >= 11 is 0. The third-order valence-corrected chi connectivity index (χ3v) is 5.22. The molecule has 0 spiro atoms. The largest absolute Gasteiger partial charge is 0.488 e. The predicted octanol–water partition coefficient (Wildman–Crippen LogP) is 5.79. The first-order chi connectivity index (χ1) is 15.3. The summed E-state index contributed by atoms with van der Waals surface area (Å²) < 4.78 is 6.08. The zero-order chi connectivity index (χ0) is 21.3. The smallest absolute Gasteiger partial charge is 0.269 e. The summed E-state index contributed by atoms with van der Waals surface area (Å²) in [6, 6.07) is 25.7. The van der Waals surface area contributed by atoms with Gasteiger partial charge in [-0.3, -0.25) is 10.2 Å². The molecule has 0 fully saturated rings. The van der Waals surface area contributed by atoms with E-state index in [1.165, 1.54) is 5.57 Å². The summed E-state index contributed by atoms with van der Waals surface area (Å²) in [5.41, 5.74) is 10.7. The molecule has 0 bridgehead atoms. The number of hydrazine groups is 1. The number of hydrogen-bond donors (Lipinski definition) is 2. The summed E-state index contributed by atoms with van der Waals surface area (Å²) in [7, 11) is 0. The van der Waals surface area contributed by atoms with Crippen LogP contribution >= 0.6 is 0 Å². The average molecular weight is 411 g/mol. The fourth-order valence-corrected chi connectivity index (χ4v) is 3.49. The van der Waals surface area contributed by atoms with Crippen molar-refractivity contribution in [1.29, 1.82) is 0 Å². The highest BCUT2D eigenvalue weighted by Gasteiger charge is 2.08. The van der Waals surface area contributed by atoms with Crippen LogP contribution in [-0.2, 0) is 6.61 Å². The fraction of sp³-hybridized carbons (Fsp3) is 0.148. The van der Waals surface area contributed by atoms with Gasteiger partial charge in [-0.05, 0) is 54.2 Å². The van der Waals surface area contributed by atoms with Crippen molar-refractivity contribution in [2.45, 2.75) is 25.9 Å². The van der Waals surface area contributed by atoms with Gasteiger partial charge in [0.2, 0.25) is 0 Å². The number of amides is 1. The van der Waals surface area contributed by atoms with E-state index in [2.05, 4.69) is 41.2 Å². The Hall–Kier alpha value is -3.79. The zero-order valence-electron chi connectivity index (χ0n) is 17.4. The first-order valence-corrected chi connectivity index (χ1v) is 10.5. The molecular formula is C27H26N2O2. The number of hydrogen-bond acceptors (Lipinski definition) is 3. The second-order valence-electron chi connectivity index (χ2n) is 7.46. The van der Waals surface area contributed by atoms with Gasteiger partial charge in [-0.25, -0.2) is 0 Å². The topological polar surface area (TPSA) is 50.4 Å². The Labute approximate surface area is 183 Å². The van der Waals surface area contributed by atoms with Gasteiger partial charge in [-0.15, -0.1) is 0 Å². The molecule has 0 saturated carbocycles. The van der Waals surface area contributed by atoms with E-state index in [1.807, 2.05) is 66.9 Å². The zero-order valence-corrected chi connectivity index (χ0v) is 17.4. The number of para-hydroxylation sites is 1. The lowest BCUT2D eigenvalue weighted by Gasteiger charge is -2.12. The van der Waals surface area contributed by atoms with E-state index in [0.717, 1.165) is 41.7 Å². The maximum Gasteiger partial charge on any atom is 0.269 e. The van der Waals surface area contributed by atoms with Gasteiger partial charge in [0.1, 0.15) is 12.4 Å². The van der Waals surface area contributed by atoms with Crippen LogP contribution in [0.5, 0.6) is 5.75 Å². The van der Waals surface area contributed by atoms with Crippen LogP contribution in [0.3, 0.4) is 0 Å². The summed E-state index contributed by atoms with van der Waals surface area (Å²) in [5, 5.41) is 0. The van der Waals surface area contributed by atoms with Gasteiger partial charge >= 0.3 is 0 Å². The Morgan fingerprint density at radius 3 is 2.45 bits per heavy atom. The molecule has 1 amide bonds. The summed E-state index contributed by atoms with van der Waals surface area (Å²) in [6.07, 6.45) is 9.24. The highest BCUT2D eigenvalue weighted by atomic mass is 16.5. The van der Waals surface area contributed by atoms with Crippen LogP contribution in [0.4, 0.5) is 0 Å². The van der Waals surface area contributed by atoms with E-state index in [4.69, 9.17) is 4.74 Å². The van der Waals surface area contributed by atoms with Gasteiger partial charge in [-0.1, -0.05) is 72.8 Å². The molecule has 1 aliphatic rings. The third-order valence-electron chi connectivity index (χ3n) is 5.22. The molecule has 1 aliphatic carbocycles. The highest BCUT2D eigenvalue weighted by molar-refractivity contribution is 5.93. The van der Waals surface area contributed by atoms with Crippen molar-refractivity contribution in [2.24, 2.45) is 0 Å². The first kappa shape index (κ1) is 20.5. The van der Waals surface area contributed by atoms with Gasteiger partial charge in [0.05, 0.1) is 0 Å². The predicted molar refractivity (Wildman–Crippen MR) is 124 cm³/mol. The maximum absolute atomic E-state index is 12.3. The Bertz CT molecular complexity index is 1070. The van der Waals surface area contributed by atoms with Gasteiger partial charge in [0.25, 0.3) is 5.91 Å². The molecule has 0 unspecified atom stereocenters. The molecule has 4 rings (SSSR count). The Kier molecular flexibility index (Phi) is 6.81. The Morgan fingerprint density at radius 2 is 1.68 bits per heavy atom. The van der Waals surface area contributed by atoms with Crippen molar-refractivity contribution in [1.82, 2.24) is 10.9 Å². The molecule has 0 aromatic heterocycles. The van der Waals surface area contributed by atoms with Crippen molar-refractivity contribution in [3.05, 3.63) is 114 Å². The second-order valence-corrected chi connectivity index (χ2v) is 7.46. The van der Waals surface area contributed by atoms with Crippen molar-refractivity contribution in [3.8, 4) is 16.9 Å². The molecule has 2 N–H and O–H groups in total. The van der Waals surface area contributed by atoms with E-state index in [9.17, 15) is 4.79 Å². The van der Waals surface area contributed by atoms with Gasteiger partial charge in [-0.2, -0.15) is 0 Å². The summed E-state index contributed by atoms with van der Waals surface area (Å²) in [5.74, 6) is 0.676. The first-order valence-electron chi connectivity index (χ1n) is 10.5. The molecule has 3 aromatic rings. The monoisotopic (exact) mass is 410 g/mol. The van der Waals surface area contributed by atoms with Gasteiger partial charge in [0, 0.05) is 17.3 Å². The van der Waals surface area contributed by atoms with Crippen molar-refractivity contribution in [2.75, 3.05) is 0 Å². The molecule has 31 heavy (non-hydrogen) atoms. The number of allylic oxidation sites excluding steroid dienone is 3. The number of carbonyl (C=O) groups is 1. The van der Waals surface area contributed by atoms with E-state index in [-0.39, 0.29) is 5.91 Å². The molecule has 0 aliphatic heterocycles. The lowest BCUT2D eigenvalue weighted by Crippen LogP contribution is -2.33. The third kappa shape index (κ3) is 5.64. The minimum Gasteiger partial charge on any atom is -0.488 e. The van der Waals surface area contributed by atoms with E-state index in [0.29, 0.717) is 12.2 Å². The number of carbonyl (C=O) groups excluding carboxylic acids is 1. The minimum absolute atomic E-state index is 0.162. The highest BCUT2D eigenvalue weighted by Crippen LogP contribution is 2.30. The van der Waals surface area contributed by atoms with E-state index < -0.39 is 0 Å². The molecule has 3 aromatic carbocycles. The number of benzene rings is 3. The normalized spacial score (nSPS) is 14.3. The minimum atomic E-state index is -0.162. The standard InChI is InChI=1S/C27H26N2O2/c30-27(29-28-19-21-9-3-1-4-10-21)24-17-15-22(16-18-24)20-31-26-14-8-7-13-25(26)23-11-5-2-6-12-23/h1-3,5-8,11-19,28H,4,9-10,20H2,(H,29,30)/b21-19+. The second kappa shape index (κ2) is 10.3. The maximum atomic E-state index is 12.3. The van der Waals surface area contributed by atoms with Crippen LogP contribution in [0.25, 0.3) is 11.1 Å². The van der Waals surface area contributed by atoms with Crippen molar-refractivity contribution in [3.63, 3.8) is 0 Å². The van der Waals surface area contributed by atoms with Crippen LogP contribution < -0.4 is 15.6 Å². The average Bonchev–Trinajstić information content (AvgIpc) is 2.84. The summed E-state index contributed by atoms with van der Waals surface area (Å²) in [4.78, 5) is 12.3. The Morgan fingerprint density at radius 1 is 0.903 bits per heavy atom. The molecular weight excluding hydrogens is 384 g/mol. The van der Waals surface area contributed by atoms with Gasteiger partial charge < -0.3 is 10.2 Å². The number of ether oxygens (including phenoxy) is 1. The lowest BCUT2D eigenvalue weighted by atomic mass is 10.0. The van der Waals surface area contributed by atoms with Crippen molar-refractivity contribution < 1.29 is 9.53 Å². The van der Waals surface area contributed by atoms with Crippen molar-refractivity contribution >= 4 is 5.91 Å². The number of nitrogens with one attached hydrogen (secondary N) is 2. The summed E-state index contributed by atoms with van der Waals surface area (Å²) in [6.45, 7) is 0.434. The van der Waals surface area contributed by atoms with Crippen LogP contribution in [-0.4, -0.2) is 5.91 Å². The number of rotatable bonds is 7. The lowest BCUT2D eigenvalue weighted by molar-refractivity contribution is 0.0941. The molecule has 4 nitrogen and oxygen atoms in total. The van der Waals surface area contributed by atoms with Crippen LogP contribution in [0.2, 0.25) is 0 Å². The molecule has 0 atom stereocenters. The van der Waals surface area contributed by atoms with Crippen LogP contribution in [0.1, 0.15) is 35.2 Å². The molecule has 0 radical (unpaired) electrons. The van der Waals surface area contributed by atoms with Crippen LogP contribution in [0, 0.1) is 0 Å². The quantitative estimate of drug-likeness (QED) is 0.383. The molecule has 4 heteroatoms. The fourth-order valence-electron chi connectivity index (χ4n) is 3.49. The SMILES string of the molecule is O=C(NN/C=C1\CC=CCC1)c1ccc(COc2ccccc2-c2ccccc2)cc1. The van der Waals surface area contributed by atoms with E-state index >= 15 is 0 Å². The molecule has 0 saturated heterocycles. The van der Waals surface area contributed by atoms with E-state index in [1.54, 1.807) is 0 Å². The molecule has 156 valence electrons. The van der Waals surface area contributed by atoms with Crippen LogP contribution in [0.15, 0.2) is 103 Å². The van der Waals surface area contributed by atoms with Gasteiger partial charge in [0.15, 0.2) is 0 Å².